The number of nitrogens with zero attached hydrogens (tertiary/aromatic N) is 1. The van der Waals surface area contributed by atoms with Gasteiger partial charge in [0.2, 0.25) is 0 Å². The molecule has 0 radical (unpaired) electrons. The lowest BCUT2D eigenvalue weighted by Gasteiger charge is -2.02. The molecule has 0 bridgehead atoms. The van der Waals surface area contributed by atoms with Crippen molar-refractivity contribution in [3.05, 3.63) is 23.9 Å². The first kappa shape index (κ1) is 9.19. The van der Waals surface area contributed by atoms with Gasteiger partial charge in [-0.05, 0) is 0 Å². The van der Waals surface area contributed by atoms with Crippen LogP contribution in [0.1, 0.15) is 0 Å². The quantitative estimate of drug-likeness (QED) is 0.742. The van der Waals surface area contributed by atoms with Crippen molar-refractivity contribution in [3.63, 3.8) is 0 Å². The van der Waals surface area contributed by atoms with Gasteiger partial charge in [-0.2, -0.15) is 0 Å². The van der Waals surface area contributed by atoms with Crippen LogP contribution in [0.25, 0.3) is 0 Å². The van der Waals surface area contributed by atoms with Gasteiger partial charge in [0.25, 0.3) is 0 Å². The van der Waals surface area contributed by atoms with Gasteiger partial charge in [0, 0.05) is 18.5 Å². The monoisotopic (exact) mass is 192 g/mol. The molecule has 1 rings (SSSR count). The Morgan fingerprint density at radius 2 is 2.25 bits per heavy atom. The molecule has 1 aromatic rings. The second-order valence-electron chi connectivity index (χ2n) is 2.10. The first-order valence-corrected chi connectivity index (χ1v) is 3.88. The summed E-state index contributed by atoms with van der Waals surface area (Å²) >= 11 is 5.35. The molecule has 1 heterocycles. The Labute approximate surface area is 73.6 Å². The molecule has 0 unspecified atom stereocenters. The fraction of sp³-hybridized carbons (Fsp3) is 0.286. The lowest BCUT2D eigenvalue weighted by atomic mass is 10.4. The highest BCUT2D eigenvalue weighted by atomic mass is 35.5. The number of pyridine rings is 1. The maximum atomic E-state index is 12.8. The maximum absolute atomic E-state index is 12.8. The van der Waals surface area contributed by atoms with Gasteiger partial charge >= 0.3 is 0 Å². The summed E-state index contributed by atoms with van der Waals surface area (Å²) in [5.41, 5.74) is 0. The van der Waals surface area contributed by atoms with E-state index in [1.54, 1.807) is 0 Å². The zero-order valence-electron chi connectivity index (χ0n) is 6.15. The smallest absolute Gasteiger partial charge is 0.168 e. The van der Waals surface area contributed by atoms with E-state index in [4.69, 9.17) is 11.6 Å². The molecule has 1 aromatic heterocycles. The minimum absolute atomic E-state index is 0.0250. The molecular weight excluding hydrogens is 186 g/mol. The van der Waals surface area contributed by atoms with Crippen molar-refractivity contribution in [2.45, 2.75) is 0 Å². The predicted molar refractivity (Wildman–Crippen MR) is 43.4 cm³/mol. The minimum atomic E-state index is -0.708. The summed E-state index contributed by atoms with van der Waals surface area (Å²) in [6.07, 6.45) is 0.944. The van der Waals surface area contributed by atoms with E-state index < -0.39 is 11.6 Å². The molecular formula is C7H7ClF2N2. The summed E-state index contributed by atoms with van der Waals surface area (Å²) < 4.78 is 25.1. The van der Waals surface area contributed by atoms with E-state index in [1.165, 1.54) is 0 Å². The van der Waals surface area contributed by atoms with Gasteiger partial charge in [-0.1, -0.05) is 0 Å². The van der Waals surface area contributed by atoms with Gasteiger partial charge in [-0.15, -0.1) is 11.6 Å². The fourth-order valence-corrected chi connectivity index (χ4v) is 0.805. The number of nitrogens with one attached hydrogen (secondary N) is 1. The Morgan fingerprint density at radius 3 is 2.83 bits per heavy atom. The first-order chi connectivity index (χ1) is 5.74. The third kappa shape index (κ3) is 2.30. The molecule has 0 saturated carbocycles. The molecule has 2 nitrogen and oxygen atoms in total. The van der Waals surface area contributed by atoms with Gasteiger partial charge in [0.15, 0.2) is 11.6 Å². The Kier molecular flexibility index (Phi) is 3.22. The second kappa shape index (κ2) is 4.21. The van der Waals surface area contributed by atoms with Crippen LogP contribution in [0.15, 0.2) is 12.3 Å². The molecule has 12 heavy (non-hydrogen) atoms. The number of anilines is 1. The number of rotatable bonds is 3. The van der Waals surface area contributed by atoms with E-state index in [2.05, 4.69) is 10.3 Å². The number of aromatic nitrogens is 1. The summed E-state index contributed by atoms with van der Waals surface area (Å²) in [6.45, 7) is 0.400. The molecule has 0 aliphatic carbocycles. The molecule has 0 aliphatic heterocycles. The van der Waals surface area contributed by atoms with E-state index in [0.717, 1.165) is 12.3 Å². The predicted octanol–water partition coefficient (Wildman–Crippen LogP) is 2.01. The highest BCUT2D eigenvalue weighted by molar-refractivity contribution is 6.18. The molecule has 0 aliphatic rings. The van der Waals surface area contributed by atoms with E-state index in [0.29, 0.717) is 12.4 Å². The second-order valence-corrected chi connectivity index (χ2v) is 2.48. The largest absolute Gasteiger partial charge is 0.366 e. The average Bonchev–Trinajstić information content (AvgIpc) is 2.03. The summed E-state index contributed by atoms with van der Waals surface area (Å²) in [7, 11) is 0. The summed E-state index contributed by atoms with van der Waals surface area (Å²) in [4.78, 5) is 3.50. The molecule has 5 heteroatoms. The molecule has 66 valence electrons. The molecule has 0 spiro atoms. The standard InChI is InChI=1S/C7H7ClF2N2/c8-1-2-11-7-6(10)3-5(9)4-12-7/h3-4H,1-2H2,(H,11,12). The topological polar surface area (TPSA) is 24.9 Å². The van der Waals surface area contributed by atoms with Gasteiger partial charge < -0.3 is 5.32 Å². The van der Waals surface area contributed by atoms with Crippen molar-refractivity contribution in [1.82, 2.24) is 4.98 Å². The van der Waals surface area contributed by atoms with Crippen LogP contribution in [-0.2, 0) is 0 Å². The van der Waals surface area contributed by atoms with E-state index in [1.807, 2.05) is 0 Å². The van der Waals surface area contributed by atoms with Crippen LogP contribution >= 0.6 is 11.6 Å². The number of hydrogen-bond acceptors (Lipinski definition) is 2. The maximum Gasteiger partial charge on any atom is 0.168 e. The van der Waals surface area contributed by atoms with Crippen LogP contribution in [0.4, 0.5) is 14.6 Å². The minimum Gasteiger partial charge on any atom is -0.366 e. The molecule has 0 fully saturated rings. The normalized spacial score (nSPS) is 9.92. The molecule has 1 N–H and O–H groups in total. The zero-order chi connectivity index (χ0) is 8.97. The lowest BCUT2D eigenvalue weighted by molar-refractivity contribution is 0.576. The number of hydrogen-bond donors (Lipinski definition) is 1. The van der Waals surface area contributed by atoms with Gasteiger partial charge in [-0.3, -0.25) is 0 Å². The van der Waals surface area contributed by atoms with E-state index >= 15 is 0 Å². The number of halogens is 3. The average molecular weight is 193 g/mol. The van der Waals surface area contributed by atoms with Crippen LogP contribution in [0, 0.1) is 11.6 Å². The third-order valence-electron chi connectivity index (χ3n) is 1.19. The molecule has 0 amide bonds. The fourth-order valence-electron chi connectivity index (χ4n) is 0.710. The highest BCUT2D eigenvalue weighted by Gasteiger charge is 2.03. The van der Waals surface area contributed by atoms with Crippen LogP contribution in [0.2, 0.25) is 0 Å². The summed E-state index contributed by atoms with van der Waals surface area (Å²) in [5.74, 6) is -1.03. The van der Waals surface area contributed by atoms with Crippen molar-refractivity contribution < 1.29 is 8.78 Å². The first-order valence-electron chi connectivity index (χ1n) is 3.35. The van der Waals surface area contributed by atoms with Crippen LogP contribution in [0.3, 0.4) is 0 Å². The Hall–Kier alpha value is -0.900. The van der Waals surface area contributed by atoms with Crippen molar-refractivity contribution in [1.29, 1.82) is 0 Å². The van der Waals surface area contributed by atoms with Gasteiger partial charge in [0.1, 0.15) is 5.82 Å². The SMILES string of the molecule is Fc1cnc(NCCCl)c(F)c1. The number of alkyl halides is 1. The Balaban J connectivity index is 2.72. The Bertz CT molecular complexity index is 268. The summed E-state index contributed by atoms with van der Waals surface area (Å²) in [6, 6.07) is 0.767. The third-order valence-corrected chi connectivity index (χ3v) is 1.38. The molecule has 0 aromatic carbocycles. The van der Waals surface area contributed by atoms with Crippen LogP contribution in [0.5, 0.6) is 0 Å². The lowest BCUT2D eigenvalue weighted by Crippen LogP contribution is -2.06. The summed E-state index contributed by atoms with van der Waals surface area (Å²) in [5, 5.41) is 2.61. The highest BCUT2D eigenvalue weighted by Crippen LogP contribution is 2.10. The van der Waals surface area contributed by atoms with Crippen molar-refractivity contribution in [3.8, 4) is 0 Å². The molecule has 0 saturated heterocycles. The Morgan fingerprint density at radius 1 is 1.50 bits per heavy atom. The van der Waals surface area contributed by atoms with E-state index in [-0.39, 0.29) is 5.82 Å². The van der Waals surface area contributed by atoms with Crippen molar-refractivity contribution in [2.24, 2.45) is 0 Å². The van der Waals surface area contributed by atoms with Gasteiger partial charge in [-0.25, -0.2) is 13.8 Å². The van der Waals surface area contributed by atoms with Gasteiger partial charge in [0.05, 0.1) is 6.20 Å². The van der Waals surface area contributed by atoms with E-state index in [9.17, 15) is 8.78 Å². The van der Waals surface area contributed by atoms with Crippen molar-refractivity contribution >= 4 is 17.4 Å². The van der Waals surface area contributed by atoms with Crippen LogP contribution in [-0.4, -0.2) is 17.4 Å². The van der Waals surface area contributed by atoms with Crippen molar-refractivity contribution in [2.75, 3.05) is 17.7 Å². The zero-order valence-corrected chi connectivity index (χ0v) is 6.91. The van der Waals surface area contributed by atoms with Crippen LogP contribution < -0.4 is 5.32 Å². The molecule has 0 atom stereocenters.